The molecule has 0 spiro atoms. The van der Waals surface area contributed by atoms with Gasteiger partial charge in [-0.2, -0.15) is 0 Å². The summed E-state index contributed by atoms with van der Waals surface area (Å²) in [4.78, 5) is 29.0. The molecule has 1 aromatic heterocycles. The van der Waals surface area contributed by atoms with Crippen LogP contribution in [0.4, 0.5) is 11.4 Å². The van der Waals surface area contributed by atoms with Crippen molar-refractivity contribution in [2.75, 3.05) is 10.6 Å². The molecule has 0 aliphatic rings. The van der Waals surface area contributed by atoms with Crippen LogP contribution in [-0.2, 0) is 0 Å². The van der Waals surface area contributed by atoms with E-state index in [1.54, 1.807) is 42.6 Å². The topological polar surface area (TPSA) is 71.1 Å². The van der Waals surface area contributed by atoms with Crippen molar-refractivity contribution in [2.45, 2.75) is 0 Å². The highest BCUT2D eigenvalue weighted by Gasteiger charge is 2.09. The second kappa shape index (κ2) is 7.72. The van der Waals surface area contributed by atoms with Crippen LogP contribution in [0.1, 0.15) is 20.7 Å². The maximum absolute atomic E-state index is 12.5. The van der Waals surface area contributed by atoms with E-state index in [4.69, 9.17) is 0 Å². The van der Waals surface area contributed by atoms with Crippen molar-refractivity contribution in [1.82, 2.24) is 4.98 Å². The summed E-state index contributed by atoms with van der Waals surface area (Å²) in [5.41, 5.74) is 3.20. The number of anilines is 2. The van der Waals surface area contributed by atoms with Crippen molar-refractivity contribution in [1.29, 1.82) is 0 Å². The maximum Gasteiger partial charge on any atom is 0.255 e. The van der Waals surface area contributed by atoms with Gasteiger partial charge in [0.2, 0.25) is 0 Å². The molecule has 3 aromatic carbocycles. The van der Waals surface area contributed by atoms with E-state index in [0.717, 1.165) is 10.9 Å². The lowest BCUT2D eigenvalue weighted by Gasteiger charge is -2.08. The summed E-state index contributed by atoms with van der Waals surface area (Å²) in [6.07, 6.45) is 1.63. The van der Waals surface area contributed by atoms with Gasteiger partial charge in [0.1, 0.15) is 0 Å². The lowest BCUT2D eigenvalue weighted by molar-refractivity contribution is 0.102. The Morgan fingerprint density at radius 2 is 1.25 bits per heavy atom. The molecule has 0 fully saturated rings. The summed E-state index contributed by atoms with van der Waals surface area (Å²) in [5.74, 6) is -0.432. The summed E-state index contributed by atoms with van der Waals surface area (Å²) in [5, 5.41) is 6.62. The average Bonchev–Trinajstić information content (AvgIpc) is 2.75. The number of benzene rings is 3. The first-order valence-electron chi connectivity index (χ1n) is 8.82. The van der Waals surface area contributed by atoms with Gasteiger partial charge >= 0.3 is 0 Å². The fourth-order valence-corrected chi connectivity index (χ4v) is 2.84. The molecule has 0 aliphatic carbocycles. The highest BCUT2D eigenvalue weighted by Crippen LogP contribution is 2.18. The highest BCUT2D eigenvalue weighted by atomic mass is 16.2. The molecule has 0 unspecified atom stereocenters. The lowest BCUT2D eigenvalue weighted by Crippen LogP contribution is -2.13. The van der Waals surface area contributed by atoms with Crippen molar-refractivity contribution in [2.24, 2.45) is 0 Å². The minimum atomic E-state index is -0.238. The summed E-state index contributed by atoms with van der Waals surface area (Å²) < 4.78 is 0. The van der Waals surface area contributed by atoms with Crippen LogP contribution in [0, 0.1) is 0 Å². The molecule has 5 heteroatoms. The maximum atomic E-state index is 12.5. The second-order valence-electron chi connectivity index (χ2n) is 6.27. The van der Waals surface area contributed by atoms with E-state index < -0.39 is 0 Å². The van der Waals surface area contributed by atoms with Crippen molar-refractivity contribution in [3.8, 4) is 0 Å². The van der Waals surface area contributed by atoms with E-state index in [-0.39, 0.29) is 11.8 Å². The molecule has 136 valence electrons. The molecule has 2 N–H and O–H groups in total. The van der Waals surface area contributed by atoms with Gasteiger partial charge in [-0.3, -0.25) is 14.6 Å². The van der Waals surface area contributed by atoms with Crippen LogP contribution in [0.15, 0.2) is 91.1 Å². The van der Waals surface area contributed by atoms with Crippen molar-refractivity contribution in [3.63, 3.8) is 0 Å². The van der Waals surface area contributed by atoms with Crippen LogP contribution >= 0.6 is 0 Å². The number of aromatic nitrogens is 1. The van der Waals surface area contributed by atoms with Gasteiger partial charge in [-0.1, -0.05) is 36.4 Å². The largest absolute Gasteiger partial charge is 0.322 e. The van der Waals surface area contributed by atoms with Gasteiger partial charge in [0.05, 0.1) is 17.4 Å². The molecule has 4 rings (SSSR count). The summed E-state index contributed by atoms with van der Waals surface area (Å²) in [6.45, 7) is 0. The minimum Gasteiger partial charge on any atom is -0.322 e. The van der Waals surface area contributed by atoms with Gasteiger partial charge in [-0.15, -0.1) is 0 Å². The summed E-state index contributed by atoms with van der Waals surface area (Å²) in [7, 11) is 0. The minimum absolute atomic E-state index is 0.194. The van der Waals surface area contributed by atoms with Crippen LogP contribution in [0.3, 0.4) is 0 Å². The molecule has 0 radical (unpaired) electrons. The molecule has 1 heterocycles. The van der Waals surface area contributed by atoms with Crippen molar-refractivity contribution in [3.05, 3.63) is 102 Å². The zero-order valence-electron chi connectivity index (χ0n) is 14.9. The zero-order valence-corrected chi connectivity index (χ0v) is 14.9. The summed E-state index contributed by atoms with van der Waals surface area (Å²) >= 11 is 0. The SMILES string of the molecule is O=C(Nc1ccc(C(=O)Nc2cnc3ccccc3c2)cc1)c1ccccc1. The number of rotatable bonds is 4. The van der Waals surface area contributed by atoms with E-state index in [0.29, 0.717) is 22.5 Å². The molecule has 0 aliphatic heterocycles. The van der Waals surface area contributed by atoms with Gasteiger partial charge in [0.25, 0.3) is 11.8 Å². The second-order valence-corrected chi connectivity index (χ2v) is 6.27. The molecule has 0 saturated carbocycles. The van der Waals surface area contributed by atoms with E-state index in [1.807, 2.05) is 48.5 Å². The first-order chi connectivity index (χ1) is 13.7. The van der Waals surface area contributed by atoms with Crippen LogP contribution in [0.5, 0.6) is 0 Å². The normalized spacial score (nSPS) is 10.4. The predicted octanol–water partition coefficient (Wildman–Crippen LogP) is 4.74. The van der Waals surface area contributed by atoms with E-state index in [1.165, 1.54) is 0 Å². The Hall–Kier alpha value is -3.99. The zero-order chi connectivity index (χ0) is 19.3. The lowest BCUT2D eigenvalue weighted by atomic mass is 10.1. The highest BCUT2D eigenvalue weighted by molar-refractivity contribution is 6.06. The molecule has 5 nitrogen and oxygen atoms in total. The number of carbonyl (C=O) groups excluding carboxylic acids is 2. The number of carbonyl (C=O) groups is 2. The molecule has 0 saturated heterocycles. The number of para-hydroxylation sites is 1. The van der Waals surface area contributed by atoms with Gasteiger partial charge in [-0.05, 0) is 48.5 Å². The van der Waals surface area contributed by atoms with Gasteiger partial charge < -0.3 is 10.6 Å². The Bertz CT molecular complexity index is 1140. The third-order valence-corrected chi connectivity index (χ3v) is 4.29. The Morgan fingerprint density at radius 3 is 2.00 bits per heavy atom. The predicted molar refractivity (Wildman–Crippen MR) is 111 cm³/mol. The first-order valence-corrected chi connectivity index (χ1v) is 8.82. The van der Waals surface area contributed by atoms with E-state index in [9.17, 15) is 9.59 Å². The number of fused-ring (bicyclic) bond motifs is 1. The Kier molecular flexibility index (Phi) is 4.80. The fraction of sp³-hybridized carbons (Fsp3) is 0. The molecule has 0 atom stereocenters. The van der Waals surface area contributed by atoms with Crippen LogP contribution in [0.25, 0.3) is 10.9 Å². The number of hydrogen-bond donors (Lipinski definition) is 2. The molecular formula is C23H17N3O2. The summed E-state index contributed by atoms with van der Waals surface area (Å²) in [6, 6.07) is 25.3. The average molecular weight is 367 g/mol. The Morgan fingerprint density at radius 1 is 0.643 bits per heavy atom. The van der Waals surface area contributed by atoms with E-state index >= 15 is 0 Å². The molecule has 4 aromatic rings. The Labute approximate surface area is 162 Å². The quantitative estimate of drug-likeness (QED) is 0.547. The number of pyridine rings is 1. The fourth-order valence-electron chi connectivity index (χ4n) is 2.84. The molecule has 28 heavy (non-hydrogen) atoms. The smallest absolute Gasteiger partial charge is 0.255 e. The Balaban J connectivity index is 1.44. The third kappa shape index (κ3) is 3.88. The van der Waals surface area contributed by atoms with Crippen molar-refractivity contribution >= 4 is 34.1 Å². The van der Waals surface area contributed by atoms with Crippen LogP contribution in [0.2, 0.25) is 0 Å². The third-order valence-electron chi connectivity index (χ3n) is 4.29. The van der Waals surface area contributed by atoms with Gasteiger partial charge in [0.15, 0.2) is 0 Å². The monoisotopic (exact) mass is 367 g/mol. The first kappa shape index (κ1) is 17.4. The van der Waals surface area contributed by atoms with E-state index in [2.05, 4.69) is 15.6 Å². The van der Waals surface area contributed by atoms with Crippen LogP contribution < -0.4 is 10.6 Å². The van der Waals surface area contributed by atoms with Crippen molar-refractivity contribution < 1.29 is 9.59 Å². The van der Waals surface area contributed by atoms with Gasteiger partial charge in [-0.25, -0.2) is 0 Å². The molecule has 0 bridgehead atoms. The standard InChI is InChI=1S/C23H17N3O2/c27-22(16-6-2-1-3-7-16)25-19-12-10-17(11-13-19)23(28)26-20-14-18-8-4-5-9-21(18)24-15-20/h1-15H,(H,25,27)(H,26,28). The van der Waals surface area contributed by atoms with Gasteiger partial charge in [0, 0.05) is 22.2 Å². The number of nitrogens with one attached hydrogen (secondary N) is 2. The van der Waals surface area contributed by atoms with Crippen LogP contribution in [-0.4, -0.2) is 16.8 Å². The number of nitrogens with zero attached hydrogens (tertiary/aromatic N) is 1. The molecule has 2 amide bonds. The molecular weight excluding hydrogens is 350 g/mol. The number of hydrogen-bond acceptors (Lipinski definition) is 3. The number of amides is 2.